The summed E-state index contributed by atoms with van der Waals surface area (Å²) in [6.45, 7) is 0. The Kier molecular flexibility index (Phi) is 3.46. The summed E-state index contributed by atoms with van der Waals surface area (Å²) in [4.78, 5) is 20.6. The first-order valence-corrected chi connectivity index (χ1v) is 8.04. The van der Waals surface area contributed by atoms with E-state index in [1.807, 2.05) is 24.3 Å². The van der Waals surface area contributed by atoms with Gasteiger partial charge in [-0.2, -0.15) is 4.99 Å². The fraction of sp³-hybridized carbons (Fsp3) is 0.118. The summed E-state index contributed by atoms with van der Waals surface area (Å²) in [5.74, 6) is 0.611. The van der Waals surface area contributed by atoms with Crippen LogP contribution in [0.15, 0.2) is 58.5 Å². The molecule has 0 aliphatic carbocycles. The summed E-state index contributed by atoms with van der Waals surface area (Å²) in [6, 6.07) is 13.7. The summed E-state index contributed by atoms with van der Waals surface area (Å²) in [5.41, 5.74) is 2.39. The number of benzene rings is 2. The highest BCUT2D eigenvalue weighted by molar-refractivity contribution is 8.13. The summed E-state index contributed by atoms with van der Waals surface area (Å²) in [5, 5.41) is 0.408. The fourth-order valence-electron chi connectivity index (χ4n) is 2.47. The van der Waals surface area contributed by atoms with Gasteiger partial charge in [-0.1, -0.05) is 36.0 Å². The third-order valence-electron chi connectivity index (χ3n) is 3.58. The van der Waals surface area contributed by atoms with Crippen LogP contribution in [0.4, 0.5) is 4.39 Å². The van der Waals surface area contributed by atoms with Crippen molar-refractivity contribution in [1.29, 1.82) is 0 Å². The number of hydrogen-bond acceptors (Lipinski definition) is 4. The normalized spacial score (nSPS) is 18.7. The molecule has 2 aromatic rings. The number of nitrogens with zero attached hydrogens (tertiary/aromatic N) is 2. The zero-order chi connectivity index (χ0) is 15.8. The van der Waals surface area contributed by atoms with E-state index in [0.29, 0.717) is 22.4 Å². The number of para-hydroxylation sites is 1. The minimum Gasteiger partial charge on any atom is -0.473 e. The molecule has 1 amide bonds. The van der Waals surface area contributed by atoms with Crippen molar-refractivity contribution in [2.45, 2.75) is 11.9 Å². The maximum atomic E-state index is 12.9. The van der Waals surface area contributed by atoms with Crippen molar-refractivity contribution in [3.05, 3.63) is 65.5 Å². The van der Waals surface area contributed by atoms with Gasteiger partial charge in [-0.15, -0.1) is 0 Å². The highest BCUT2D eigenvalue weighted by Crippen LogP contribution is 2.32. The average molecular weight is 326 g/mol. The van der Waals surface area contributed by atoms with Crippen LogP contribution in [0, 0.1) is 5.82 Å². The Labute approximate surface area is 136 Å². The predicted molar refractivity (Wildman–Crippen MR) is 87.5 cm³/mol. The van der Waals surface area contributed by atoms with Crippen molar-refractivity contribution in [1.82, 2.24) is 0 Å². The lowest BCUT2D eigenvalue weighted by molar-refractivity contribution is -0.121. The van der Waals surface area contributed by atoms with Gasteiger partial charge in [0.25, 0.3) is 5.91 Å². The molecule has 23 heavy (non-hydrogen) atoms. The van der Waals surface area contributed by atoms with Crippen molar-refractivity contribution < 1.29 is 13.9 Å². The topological polar surface area (TPSA) is 51.0 Å². The molecule has 4 nitrogen and oxygen atoms in total. The van der Waals surface area contributed by atoms with Crippen molar-refractivity contribution in [2.75, 3.05) is 0 Å². The van der Waals surface area contributed by atoms with E-state index < -0.39 is 6.10 Å². The Balaban J connectivity index is 1.56. The quantitative estimate of drug-likeness (QED) is 0.851. The number of amidine groups is 1. The van der Waals surface area contributed by atoms with Crippen LogP contribution in [0.25, 0.3) is 0 Å². The molecule has 0 fully saturated rings. The molecule has 2 aromatic carbocycles. The van der Waals surface area contributed by atoms with Crippen LogP contribution in [0.5, 0.6) is 5.75 Å². The molecule has 114 valence electrons. The maximum Gasteiger partial charge on any atom is 0.295 e. The molecule has 0 spiro atoms. The molecule has 4 rings (SSSR count). The largest absolute Gasteiger partial charge is 0.473 e. The maximum absolute atomic E-state index is 12.9. The van der Waals surface area contributed by atoms with E-state index in [1.54, 1.807) is 12.1 Å². The molecule has 0 N–H and O–H groups in total. The third-order valence-corrected chi connectivity index (χ3v) is 4.50. The molecule has 0 aromatic heterocycles. The van der Waals surface area contributed by atoms with Gasteiger partial charge in [0.15, 0.2) is 5.17 Å². The van der Waals surface area contributed by atoms with E-state index in [1.165, 1.54) is 23.9 Å². The number of rotatable bonds is 2. The molecule has 2 aliphatic heterocycles. The first-order chi connectivity index (χ1) is 11.2. The first-order valence-electron chi connectivity index (χ1n) is 7.05. The van der Waals surface area contributed by atoms with Crippen LogP contribution in [0.1, 0.15) is 11.1 Å². The monoisotopic (exact) mass is 326 g/mol. The molecule has 1 unspecified atom stereocenters. The van der Waals surface area contributed by atoms with E-state index in [-0.39, 0.29) is 11.7 Å². The summed E-state index contributed by atoms with van der Waals surface area (Å²) < 4.78 is 18.5. The van der Waals surface area contributed by atoms with Gasteiger partial charge in [-0.25, -0.2) is 9.38 Å². The highest BCUT2D eigenvalue weighted by Gasteiger charge is 2.38. The van der Waals surface area contributed by atoms with E-state index in [9.17, 15) is 9.18 Å². The molecule has 1 atom stereocenters. The molecule has 0 bridgehead atoms. The summed E-state index contributed by atoms with van der Waals surface area (Å²) in [7, 11) is 0. The van der Waals surface area contributed by atoms with Crippen molar-refractivity contribution in [2.24, 2.45) is 9.98 Å². The highest BCUT2D eigenvalue weighted by atomic mass is 32.2. The van der Waals surface area contributed by atoms with Gasteiger partial charge in [0.05, 0.1) is 0 Å². The Morgan fingerprint density at radius 2 is 1.87 bits per heavy atom. The van der Waals surface area contributed by atoms with Gasteiger partial charge in [0.1, 0.15) is 17.3 Å². The standard InChI is InChI=1S/C17H11FN2O2S/c18-11-7-5-10(6-8-11)9-23-17-19-14-12-3-1-2-4-13(12)22-15(14)16(21)20-17/h1-8,15H,9H2. The van der Waals surface area contributed by atoms with Gasteiger partial charge in [-0.05, 0) is 29.8 Å². The third kappa shape index (κ3) is 2.66. The summed E-state index contributed by atoms with van der Waals surface area (Å²) in [6.07, 6.45) is -0.734. The van der Waals surface area contributed by atoms with Crippen LogP contribution >= 0.6 is 11.8 Å². The van der Waals surface area contributed by atoms with Crippen LogP contribution in [0.3, 0.4) is 0 Å². The number of ether oxygens (including phenoxy) is 1. The zero-order valence-corrected chi connectivity index (χ0v) is 12.7. The van der Waals surface area contributed by atoms with Crippen molar-refractivity contribution >= 4 is 28.5 Å². The van der Waals surface area contributed by atoms with Crippen LogP contribution in [-0.2, 0) is 10.5 Å². The summed E-state index contributed by atoms with van der Waals surface area (Å²) >= 11 is 1.35. The van der Waals surface area contributed by atoms with Gasteiger partial charge in [-0.3, -0.25) is 4.79 Å². The number of aliphatic imine (C=N–C) groups is 2. The zero-order valence-electron chi connectivity index (χ0n) is 11.9. The second kappa shape index (κ2) is 5.62. The number of thioether (sulfide) groups is 1. The second-order valence-corrected chi connectivity index (χ2v) is 6.08. The van der Waals surface area contributed by atoms with E-state index in [0.717, 1.165) is 11.1 Å². The van der Waals surface area contributed by atoms with Crippen LogP contribution in [-0.4, -0.2) is 22.9 Å². The Morgan fingerprint density at radius 1 is 1.09 bits per heavy atom. The molecule has 6 heteroatoms. The fourth-order valence-corrected chi connectivity index (χ4v) is 3.27. The molecule has 0 radical (unpaired) electrons. The Morgan fingerprint density at radius 3 is 2.70 bits per heavy atom. The lowest BCUT2D eigenvalue weighted by atomic mass is 10.1. The lowest BCUT2D eigenvalue weighted by Crippen LogP contribution is -2.34. The molecule has 0 saturated carbocycles. The Bertz CT molecular complexity index is 846. The van der Waals surface area contributed by atoms with Crippen LogP contribution < -0.4 is 4.74 Å². The van der Waals surface area contributed by atoms with Gasteiger partial charge in [0.2, 0.25) is 6.10 Å². The molecular formula is C17H11FN2O2S. The van der Waals surface area contributed by atoms with Crippen LogP contribution in [0.2, 0.25) is 0 Å². The van der Waals surface area contributed by atoms with E-state index in [2.05, 4.69) is 9.98 Å². The number of amides is 1. The van der Waals surface area contributed by atoms with Gasteiger partial charge < -0.3 is 4.74 Å². The number of fused-ring (bicyclic) bond motifs is 3. The number of halogens is 1. The molecule has 2 aliphatic rings. The number of carbonyl (C=O) groups excluding carboxylic acids is 1. The predicted octanol–water partition coefficient (Wildman–Crippen LogP) is 3.21. The lowest BCUT2D eigenvalue weighted by Gasteiger charge is -2.13. The van der Waals surface area contributed by atoms with Crippen molar-refractivity contribution in [3.8, 4) is 5.75 Å². The van der Waals surface area contributed by atoms with Crippen molar-refractivity contribution in [3.63, 3.8) is 0 Å². The first kappa shape index (κ1) is 14.1. The molecule has 0 saturated heterocycles. The minimum absolute atomic E-state index is 0.272. The second-order valence-electron chi connectivity index (χ2n) is 5.14. The Hall–Kier alpha value is -2.47. The minimum atomic E-state index is -0.734. The number of hydrogen-bond donors (Lipinski definition) is 0. The van der Waals surface area contributed by atoms with E-state index >= 15 is 0 Å². The van der Waals surface area contributed by atoms with Gasteiger partial charge in [0, 0.05) is 11.3 Å². The molecular weight excluding hydrogens is 315 g/mol. The van der Waals surface area contributed by atoms with Gasteiger partial charge >= 0.3 is 0 Å². The van der Waals surface area contributed by atoms with E-state index in [4.69, 9.17) is 4.74 Å². The number of carbonyl (C=O) groups is 1. The average Bonchev–Trinajstić information content (AvgIpc) is 2.94. The SMILES string of the molecule is O=C1N=C(SCc2ccc(F)cc2)N=C2c3ccccc3OC12. The smallest absolute Gasteiger partial charge is 0.295 e. The molecule has 2 heterocycles.